The first-order valence-corrected chi connectivity index (χ1v) is 10.9. The number of hydrogen-bond donors (Lipinski definition) is 1. The number of methoxy groups -OCH3 is 2. The largest absolute Gasteiger partial charge is 0.469 e. The second-order valence-electron chi connectivity index (χ2n) is 7.60. The number of ether oxygens (including phenoxy) is 2. The maximum Gasteiger partial charge on any atom is 0.305 e. The van der Waals surface area contributed by atoms with E-state index in [0.717, 1.165) is 49.1 Å². The smallest absolute Gasteiger partial charge is 0.305 e. The molecule has 0 spiro atoms. The first kappa shape index (κ1) is 23.9. The zero-order valence-corrected chi connectivity index (χ0v) is 18.5. The number of benzene rings is 1. The lowest BCUT2D eigenvalue weighted by Gasteiger charge is -2.27. The van der Waals surface area contributed by atoms with Crippen molar-refractivity contribution < 1.29 is 19.1 Å². The van der Waals surface area contributed by atoms with Gasteiger partial charge in [0.15, 0.2) is 0 Å². The molecule has 1 heterocycles. The Labute approximate surface area is 179 Å². The van der Waals surface area contributed by atoms with E-state index in [4.69, 9.17) is 9.47 Å². The van der Waals surface area contributed by atoms with E-state index in [1.54, 1.807) is 7.11 Å². The predicted octanol–water partition coefficient (Wildman–Crippen LogP) is 3.73. The number of esters is 1. The molecular formula is C23H35N3O4. The number of imidazole rings is 1. The summed E-state index contributed by atoms with van der Waals surface area (Å²) >= 11 is 0. The summed E-state index contributed by atoms with van der Waals surface area (Å²) in [6, 6.07) is 7.81. The summed E-state index contributed by atoms with van der Waals surface area (Å²) in [6.07, 6.45) is 5.09. The summed E-state index contributed by atoms with van der Waals surface area (Å²) in [6.45, 7) is 4.16. The lowest BCUT2D eigenvalue weighted by Crippen LogP contribution is -2.39. The lowest BCUT2D eigenvalue weighted by atomic mass is 9.96. The summed E-state index contributed by atoms with van der Waals surface area (Å²) in [5, 5.41) is 0. The molecule has 0 bridgehead atoms. The number of nitrogens with one attached hydrogen (secondary N) is 1. The molecule has 1 unspecified atom stereocenters. The molecule has 0 saturated heterocycles. The van der Waals surface area contributed by atoms with Gasteiger partial charge in [-0.3, -0.25) is 9.59 Å². The number of fused-ring (bicyclic) bond motifs is 1. The van der Waals surface area contributed by atoms with Crippen LogP contribution in [0.4, 0.5) is 0 Å². The number of rotatable bonds is 14. The summed E-state index contributed by atoms with van der Waals surface area (Å²) in [5.41, 5.74) is 1.83. The minimum Gasteiger partial charge on any atom is -0.469 e. The molecular weight excluding hydrogens is 382 g/mol. The monoisotopic (exact) mass is 417 g/mol. The van der Waals surface area contributed by atoms with Crippen LogP contribution in [0.1, 0.15) is 51.3 Å². The van der Waals surface area contributed by atoms with Crippen LogP contribution < -0.4 is 0 Å². The van der Waals surface area contributed by atoms with Crippen LogP contribution in [0.25, 0.3) is 11.0 Å². The summed E-state index contributed by atoms with van der Waals surface area (Å²) < 4.78 is 9.96. The van der Waals surface area contributed by atoms with Crippen LogP contribution in [0.5, 0.6) is 0 Å². The summed E-state index contributed by atoms with van der Waals surface area (Å²) in [7, 11) is 3.05. The van der Waals surface area contributed by atoms with Crippen molar-refractivity contribution in [3.63, 3.8) is 0 Å². The van der Waals surface area contributed by atoms with Crippen molar-refractivity contribution in [1.29, 1.82) is 0 Å². The molecule has 1 N–H and O–H groups in total. The van der Waals surface area contributed by atoms with Gasteiger partial charge in [0.1, 0.15) is 5.82 Å². The molecule has 0 saturated carbocycles. The van der Waals surface area contributed by atoms with Gasteiger partial charge in [-0.25, -0.2) is 4.98 Å². The molecule has 7 heteroatoms. The number of aromatic amines is 1. The molecule has 0 radical (unpaired) electrons. The van der Waals surface area contributed by atoms with Crippen LogP contribution >= 0.6 is 0 Å². The third-order valence-corrected chi connectivity index (χ3v) is 5.27. The molecule has 0 aliphatic carbocycles. The highest BCUT2D eigenvalue weighted by molar-refractivity contribution is 5.80. The predicted molar refractivity (Wildman–Crippen MR) is 117 cm³/mol. The molecule has 1 aromatic heterocycles. The molecule has 7 nitrogen and oxygen atoms in total. The third-order valence-electron chi connectivity index (χ3n) is 5.27. The van der Waals surface area contributed by atoms with Crippen molar-refractivity contribution in [1.82, 2.24) is 14.9 Å². The van der Waals surface area contributed by atoms with Crippen LogP contribution in [0, 0.1) is 5.92 Å². The maximum atomic E-state index is 13.4. The maximum absolute atomic E-state index is 13.4. The van der Waals surface area contributed by atoms with E-state index in [-0.39, 0.29) is 24.2 Å². The first-order valence-electron chi connectivity index (χ1n) is 10.9. The minimum absolute atomic E-state index is 0.0755. The van der Waals surface area contributed by atoms with E-state index in [0.29, 0.717) is 26.0 Å². The van der Waals surface area contributed by atoms with Crippen molar-refractivity contribution in [3.05, 3.63) is 30.1 Å². The fraction of sp³-hybridized carbons (Fsp3) is 0.609. The Balaban J connectivity index is 2.15. The standard InChI is InChI=1S/C23H35N3O4/c1-4-5-8-14-26(15-9-16-29-2)23(28)18(12-13-22(27)30-3)17-21-24-19-10-6-7-11-20(19)25-21/h6-7,10-11,18H,4-5,8-9,12-17H2,1-3H3,(H,24,25). The van der Waals surface area contributed by atoms with Crippen LogP contribution in [0.3, 0.4) is 0 Å². The number of aromatic nitrogens is 2. The second kappa shape index (κ2) is 13.0. The van der Waals surface area contributed by atoms with Crippen molar-refractivity contribution in [3.8, 4) is 0 Å². The van der Waals surface area contributed by atoms with Crippen LogP contribution in [-0.2, 0) is 25.5 Å². The fourth-order valence-electron chi connectivity index (χ4n) is 3.59. The van der Waals surface area contributed by atoms with Gasteiger partial charge in [0, 0.05) is 45.6 Å². The number of unbranched alkanes of at least 4 members (excludes halogenated alkanes) is 2. The molecule has 0 fully saturated rings. The number of para-hydroxylation sites is 2. The Bertz CT molecular complexity index is 747. The Morgan fingerprint density at radius 2 is 1.90 bits per heavy atom. The number of hydrogen-bond acceptors (Lipinski definition) is 5. The number of H-pyrrole nitrogens is 1. The average Bonchev–Trinajstić information content (AvgIpc) is 3.17. The summed E-state index contributed by atoms with van der Waals surface area (Å²) in [5.74, 6) is 0.222. The van der Waals surface area contributed by atoms with Crippen LogP contribution in [0.15, 0.2) is 24.3 Å². The highest BCUT2D eigenvalue weighted by Gasteiger charge is 2.26. The first-order chi connectivity index (χ1) is 14.6. The SMILES string of the molecule is CCCCCN(CCCOC)C(=O)C(CCC(=O)OC)Cc1nc2ccccc2[nH]1. The van der Waals surface area contributed by atoms with Gasteiger partial charge in [-0.05, 0) is 31.4 Å². The number of carbonyl (C=O) groups excluding carboxylic acids is 2. The van der Waals surface area contributed by atoms with Crippen molar-refractivity contribution in [2.24, 2.45) is 5.92 Å². The van der Waals surface area contributed by atoms with Gasteiger partial charge in [0.05, 0.1) is 18.1 Å². The van der Waals surface area contributed by atoms with Gasteiger partial charge in [-0.15, -0.1) is 0 Å². The zero-order chi connectivity index (χ0) is 21.8. The molecule has 1 amide bonds. The molecule has 30 heavy (non-hydrogen) atoms. The lowest BCUT2D eigenvalue weighted by molar-refractivity contribution is -0.141. The van der Waals surface area contributed by atoms with Crippen LogP contribution in [0.2, 0.25) is 0 Å². The second-order valence-corrected chi connectivity index (χ2v) is 7.60. The minimum atomic E-state index is -0.325. The normalized spacial score (nSPS) is 12.1. The van der Waals surface area contributed by atoms with E-state index in [1.807, 2.05) is 29.2 Å². The molecule has 1 aromatic carbocycles. The fourth-order valence-corrected chi connectivity index (χ4v) is 3.59. The topological polar surface area (TPSA) is 84.5 Å². The van der Waals surface area contributed by atoms with E-state index < -0.39 is 0 Å². The molecule has 166 valence electrons. The summed E-state index contributed by atoms with van der Waals surface area (Å²) in [4.78, 5) is 35.0. The van der Waals surface area contributed by atoms with Gasteiger partial charge >= 0.3 is 5.97 Å². The Hall–Kier alpha value is -2.41. The van der Waals surface area contributed by atoms with E-state index >= 15 is 0 Å². The van der Waals surface area contributed by atoms with Gasteiger partial charge in [0.25, 0.3) is 0 Å². The van der Waals surface area contributed by atoms with E-state index in [2.05, 4.69) is 16.9 Å². The Kier molecular flexibility index (Phi) is 10.3. The third kappa shape index (κ3) is 7.44. The van der Waals surface area contributed by atoms with Crippen molar-refractivity contribution in [2.75, 3.05) is 33.9 Å². The number of amides is 1. The van der Waals surface area contributed by atoms with Crippen LogP contribution in [-0.4, -0.2) is 60.7 Å². The molecule has 0 aliphatic rings. The van der Waals surface area contributed by atoms with Gasteiger partial charge in [-0.2, -0.15) is 0 Å². The van der Waals surface area contributed by atoms with Gasteiger partial charge in [-0.1, -0.05) is 31.9 Å². The highest BCUT2D eigenvalue weighted by atomic mass is 16.5. The molecule has 2 aromatic rings. The van der Waals surface area contributed by atoms with Crippen molar-refractivity contribution in [2.45, 2.75) is 51.9 Å². The molecule has 1 atom stereocenters. The average molecular weight is 418 g/mol. The van der Waals surface area contributed by atoms with Gasteiger partial charge < -0.3 is 19.4 Å². The Morgan fingerprint density at radius 3 is 2.60 bits per heavy atom. The Morgan fingerprint density at radius 1 is 1.13 bits per heavy atom. The highest BCUT2D eigenvalue weighted by Crippen LogP contribution is 2.20. The number of carbonyl (C=O) groups is 2. The number of nitrogens with zero attached hydrogens (tertiary/aromatic N) is 2. The zero-order valence-electron chi connectivity index (χ0n) is 18.5. The van der Waals surface area contributed by atoms with Gasteiger partial charge in [0.2, 0.25) is 5.91 Å². The molecule has 0 aliphatic heterocycles. The van der Waals surface area contributed by atoms with E-state index in [1.165, 1.54) is 7.11 Å². The van der Waals surface area contributed by atoms with E-state index in [9.17, 15) is 9.59 Å². The van der Waals surface area contributed by atoms with Crippen molar-refractivity contribution >= 4 is 22.9 Å². The molecule has 2 rings (SSSR count). The quantitative estimate of drug-likeness (QED) is 0.374.